The van der Waals surface area contributed by atoms with E-state index in [1.807, 2.05) is 0 Å². The van der Waals surface area contributed by atoms with Crippen molar-refractivity contribution in [3.05, 3.63) is 29.6 Å². The van der Waals surface area contributed by atoms with Crippen LogP contribution in [0.2, 0.25) is 0 Å². The molecule has 3 rings (SSSR count). The van der Waals surface area contributed by atoms with Crippen molar-refractivity contribution in [1.29, 1.82) is 0 Å². The van der Waals surface area contributed by atoms with Crippen molar-refractivity contribution in [3.63, 3.8) is 0 Å². The van der Waals surface area contributed by atoms with Crippen molar-refractivity contribution in [2.75, 3.05) is 19.1 Å². The molecule has 1 saturated heterocycles. The summed E-state index contributed by atoms with van der Waals surface area (Å²) in [5, 5.41) is 0. The minimum atomic E-state index is -0.0103. The number of hydrogen-bond acceptors (Lipinski definition) is 2. The molecule has 108 valence electrons. The zero-order chi connectivity index (χ0) is 14.2. The van der Waals surface area contributed by atoms with E-state index >= 15 is 0 Å². The standard InChI is InChI=1S/C16H21ClN2O/c1-12-4-5-14-13(10-12)18-15(6-8-17)19(14)16(2)7-3-9-20-11-16/h4-5,10H,3,6-9,11H2,1-2H3. The molecule has 2 aromatic rings. The van der Waals surface area contributed by atoms with E-state index in [0.717, 1.165) is 43.8 Å². The highest BCUT2D eigenvalue weighted by Crippen LogP contribution is 2.33. The highest BCUT2D eigenvalue weighted by atomic mass is 35.5. The first-order chi connectivity index (χ1) is 9.64. The second kappa shape index (κ2) is 5.38. The van der Waals surface area contributed by atoms with Crippen LogP contribution in [0.1, 0.15) is 31.2 Å². The summed E-state index contributed by atoms with van der Waals surface area (Å²) in [4.78, 5) is 4.81. The minimum Gasteiger partial charge on any atom is -0.379 e. The molecule has 1 unspecified atom stereocenters. The molecular formula is C16H21ClN2O. The van der Waals surface area contributed by atoms with Crippen molar-refractivity contribution in [2.45, 2.75) is 38.6 Å². The molecule has 0 aliphatic carbocycles. The monoisotopic (exact) mass is 292 g/mol. The molecule has 0 N–H and O–H groups in total. The van der Waals surface area contributed by atoms with Crippen LogP contribution in [0.25, 0.3) is 11.0 Å². The van der Waals surface area contributed by atoms with E-state index in [9.17, 15) is 0 Å². The summed E-state index contributed by atoms with van der Waals surface area (Å²) in [6, 6.07) is 6.48. The van der Waals surface area contributed by atoms with Gasteiger partial charge in [-0.3, -0.25) is 0 Å². The van der Waals surface area contributed by atoms with E-state index in [0.29, 0.717) is 5.88 Å². The summed E-state index contributed by atoms with van der Waals surface area (Å²) in [6.07, 6.45) is 3.02. The van der Waals surface area contributed by atoms with E-state index in [4.69, 9.17) is 21.3 Å². The SMILES string of the molecule is Cc1ccc2c(c1)nc(CCCl)n2C1(C)CCCOC1. The lowest BCUT2D eigenvalue weighted by atomic mass is 9.94. The van der Waals surface area contributed by atoms with Crippen molar-refractivity contribution in [3.8, 4) is 0 Å². The number of benzene rings is 1. The van der Waals surface area contributed by atoms with Crippen LogP contribution in [0.3, 0.4) is 0 Å². The molecule has 20 heavy (non-hydrogen) atoms. The first kappa shape index (κ1) is 13.9. The van der Waals surface area contributed by atoms with Gasteiger partial charge in [-0.2, -0.15) is 0 Å². The Bertz CT molecular complexity index is 614. The smallest absolute Gasteiger partial charge is 0.111 e. The van der Waals surface area contributed by atoms with Crippen molar-refractivity contribution < 1.29 is 4.74 Å². The Hall–Kier alpha value is -1.06. The van der Waals surface area contributed by atoms with E-state index in [1.165, 1.54) is 11.1 Å². The molecule has 3 nitrogen and oxygen atoms in total. The van der Waals surface area contributed by atoms with Gasteiger partial charge in [-0.15, -0.1) is 11.6 Å². The number of alkyl halides is 1. The first-order valence-electron chi connectivity index (χ1n) is 7.26. The largest absolute Gasteiger partial charge is 0.379 e. The lowest BCUT2D eigenvalue weighted by Crippen LogP contribution is -2.40. The lowest BCUT2D eigenvalue weighted by molar-refractivity contribution is 0.0102. The predicted molar refractivity (Wildman–Crippen MR) is 82.6 cm³/mol. The third-order valence-electron chi connectivity index (χ3n) is 4.15. The molecule has 1 aliphatic heterocycles. The molecule has 0 saturated carbocycles. The zero-order valence-electron chi connectivity index (χ0n) is 12.2. The highest BCUT2D eigenvalue weighted by Gasteiger charge is 2.33. The maximum Gasteiger partial charge on any atom is 0.111 e. The Morgan fingerprint density at radius 3 is 3.00 bits per heavy atom. The maximum atomic E-state index is 5.97. The third-order valence-corrected chi connectivity index (χ3v) is 4.34. The molecule has 0 amide bonds. The molecule has 4 heteroatoms. The molecule has 1 fully saturated rings. The maximum absolute atomic E-state index is 5.97. The van der Waals surface area contributed by atoms with Crippen LogP contribution < -0.4 is 0 Å². The number of hydrogen-bond donors (Lipinski definition) is 0. The van der Waals surface area contributed by atoms with Crippen LogP contribution in [0.4, 0.5) is 0 Å². The van der Waals surface area contributed by atoms with E-state index in [2.05, 4.69) is 36.6 Å². The van der Waals surface area contributed by atoms with Gasteiger partial charge in [-0.25, -0.2) is 4.98 Å². The van der Waals surface area contributed by atoms with Crippen LogP contribution in [0.5, 0.6) is 0 Å². The molecule has 1 aromatic heterocycles. The second-order valence-electron chi connectivity index (χ2n) is 5.95. The van der Waals surface area contributed by atoms with Gasteiger partial charge < -0.3 is 9.30 Å². The van der Waals surface area contributed by atoms with Gasteiger partial charge >= 0.3 is 0 Å². The fourth-order valence-electron chi connectivity index (χ4n) is 3.19. The number of imidazole rings is 1. The van der Waals surface area contributed by atoms with Crippen LogP contribution >= 0.6 is 11.6 Å². The van der Waals surface area contributed by atoms with E-state index in [-0.39, 0.29) is 5.54 Å². The van der Waals surface area contributed by atoms with Crippen LogP contribution in [0, 0.1) is 6.92 Å². The second-order valence-corrected chi connectivity index (χ2v) is 6.33. The minimum absolute atomic E-state index is 0.0103. The number of aryl methyl sites for hydroxylation is 2. The van der Waals surface area contributed by atoms with Crippen molar-refractivity contribution in [2.24, 2.45) is 0 Å². The summed E-state index contributed by atoms with van der Waals surface area (Å²) < 4.78 is 8.10. The summed E-state index contributed by atoms with van der Waals surface area (Å²) in [7, 11) is 0. The molecule has 0 bridgehead atoms. The average molecular weight is 293 g/mol. The van der Waals surface area contributed by atoms with Gasteiger partial charge in [0.25, 0.3) is 0 Å². The molecule has 1 atom stereocenters. The van der Waals surface area contributed by atoms with Gasteiger partial charge in [-0.1, -0.05) is 6.07 Å². The number of aromatic nitrogens is 2. The Balaban J connectivity index is 2.17. The highest BCUT2D eigenvalue weighted by molar-refractivity contribution is 6.17. The predicted octanol–water partition coefficient (Wildman–Crippen LogP) is 3.65. The summed E-state index contributed by atoms with van der Waals surface area (Å²) in [6.45, 7) is 5.99. The van der Waals surface area contributed by atoms with Gasteiger partial charge in [0.05, 0.1) is 23.2 Å². The molecule has 0 radical (unpaired) electrons. The zero-order valence-corrected chi connectivity index (χ0v) is 12.9. The summed E-state index contributed by atoms with van der Waals surface area (Å²) in [5.41, 5.74) is 3.49. The van der Waals surface area contributed by atoms with Gasteiger partial charge in [0, 0.05) is 18.9 Å². The number of halogens is 1. The van der Waals surface area contributed by atoms with Crippen LogP contribution in [-0.4, -0.2) is 28.6 Å². The number of fused-ring (bicyclic) bond motifs is 1. The average Bonchev–Trinajstić information content (AvgIpc) is 2.77. The van der Waals surface area contributed by atoms with Gasteiger partial charge in [0.2, 0.25) is 0 Å². The molecule has 1 aliphatic rings. The van der Waals surface area contributed by atoms with Crippen LogP contribution in [0.15, 0.2) is 18.2 Å². The Morgan fingerprint density at radius 1 is 1.45 bits per heavy atom. The summed E-state index contributed by atoms with van der Waals surface area (Å²) >= 11 is 5.97. The molecule has 2 heterocycles. The van der Waals surface area contributed by atoms with Crippen LogP contribution in [-0.2, 0) is 16.7 Å². The summed E-state index contributed by atoms with van der Waals surface area (Å²) in [5.74, 6) is 1.67. The molecular weight excluding hydrogens is 272 g/mol. The molecule has 0 spiro atoms. The van der Waals surface area contributed by atoms with Gasteiger partial charge in [0.15, 0.2) is 0 Å². The number of rotatable bonds is 3. The Kier molecular flexibility index (Phi) is 3.74. The molecule has 1 aromatic carbocycles. The lowest BCUT2D eigenvalue weighted by Gasteiger charge is -2.36. The number of ether oxygens (including phenoxy) is 1. The normalized spacial score (nSPS) is 23.4. The number of nitrogens with zero attached hydrogens (tertiary/aromatic N) is 2. The first-order valence-corrected chi connectivity index (χ1v) is 7.80. The fraction of sp³-hybridized carbons (Fsp3) is 0.562. The van der Waals surface area contributed by atoms with Gasteiger partial charge in [-0.05, 0) is 44.4 Å². The topological polar surface area (TPSA) is 27.1 Å². The van der Waals surface area contributed by atoms with E-state index in [1.54, 1.807) is 0 Å². The van der Waals surface area contributed by atoms with Crippen molar-refractivity contribution in [1.82, 2.24) is 9.55 Å². The Labute approximate surface area is 124 Å². The van der Waals surface area contributed by atoms with Crippen molar-refractivity contribution >= 4 is 22.6 Å². The fourth-order valence-corrected chi connectivity index (χ4v) is 3.36. The third kappa shape index (κ3) is 2.33. The van der Waals surface area contributed by atoms with E-state index < -0.39 is 0 Å². The van der Waals surface area contributed by atoms with Gasteiger partial charge in [0.1, 0.15) is 5.82 Å². The Morgan fingerprint density at radius 2 is 2.30 bits per heavy atom. The quantitative estimate of drug-likeness (QED) is 0.808.